The number of carbonyl (C=O) groups is 1. The zero-order valence-electron chi connectivity index (χ0n) is 11.6. The van der Waals surface area contributed by atoms with Gasteiger partial charge in [-0.15, -0.1) is 0 Å². The Morgan fingerprint density at radius 1 is 1.37 bits per heavy atom. The van der Waals surface area contributed by atoms with Crippen LogP contribution in [0.15, 0.2) is 16.7 Å². The van der Waals surface area contributed by atoms with Gasteiger partial charge in [0, 0.05) is 16.2 Å². The number of halogens is 1. The number of hydrazine groups is 1. The number of hydrogen-bond donors (Lipinski definition) is 3. The molecule has 6 heteroatoms. The van der Waals surface area contributed by atoms with Crippen LogP contribution in [0.4, 0.5) is 5.82 Å². The van der Waals surface area contributed by atoms with Gasteiger partial charge < -0.3 is 10.7 Å². The van der Waals surface area contributed by atoms with Crippen molar-refractivity contribution in [1.82, 2.24) is 10.3 Å². The highest BCUT2D eigenvalue weighted by atomic mass is 79.9. The molecule has 0 aromatic carbocycles. The standard InChI is InChI=1S/C13H21BrN4O/c1-4-13(5-2,6-3)17-12(19)10-7-9(14)8-16-11(10)18-15/h7-8H,4-6,15H2,1-3H3,(H,16,18)(H,17,19). The molecule has 1 heterocycles. The van der Waals surface area contributed by atoms with Crippen LogP contribution in [0, 0.1) is 0 Å². The lowest BCUT2D eigenvalue weighted by molar-refractivity contribution is 0.0888. The van der Waals surface area contributed by atoms with E-state index in [4.69, 9.17) is 5.84 Å². The average Bonchev–Trinajstić information content (AvgIpc) is 2.44. The molecule has 0 unspecified atom stereocenters. The summed E-state index contributed by atoms with van der Waals surface area (Å²) in [5.41, 5.74) is 2.72. The minimum atomic E-state index is -0.175. The molecule has 0 spiro atoms. The summed E-state index contributed by atoms with van der Waals surface area (Å²) in [6.45, 7) is 6.23. The van der Waals surface area contributed by atoms with Crippen molar-refractivity contribution in [3.63, 3.8) is 0 Å². The third-order valence-corrected chi connectivity index (χ3v) is 4.08. The van der Waals surface area contributed by atoms with Gasteiger partial charge in [0.1, 0.15) is 0 Å². The van der Waals surface area contributed by atoms with Gasteiger partial charge in [-0.1, -0.05) is 20.8 Å². The molecule has 0 saturated carbocycles. The van der Waals surface area contributed by atoms with Crippen molar-refractivity contribution in [2.75, 3.05) is 5.43 Å². The first-order chi connectivity index (χ1) is 9.01. The number of nitrogens with two attached hydrogens (primary N) is 1. The van der Waals surface area contributed by atoms with Gasteiger partial charge in [-0.3, -0.25) is 4.79 Å². The topological polar surface area (TPSA) is 80.0 Å². The molecule has 4 N–H and O–H groups in total. The number of rotatable bonds is 6. The summed E-state index contributed by atoms with van der Waals surface area (Å²) in [6, 6.07) is 1.71. The van der Waals surface area contributed by atoms with E-state index in [1.165, 1.54) is 0 Å². The van der Waals surface area contributed by atoms with Crippen molar-refractivity contribution in [1.29, 1.82) is 0 Å². The number of nitrogens with one attached hydrogen (secondary N) is 2. The molecule has 19 heavy (non-hydrogen) atoms. The fraction of sp³-hybridized carbons (Fsp3) is 0.538. The van der Waals surface area contributed by atoms with Crippen molar-refractivity contribution in [3.05, 3.63) is 22.3 Å². The maximum absolute atomic E-state index is 12.4. The zero-order valence-corrected chi connectivity index (χ0v) is 13.2. The zero-order chi connectivity index (χ0) is 14.5. The number of aromatic nitrogens is 1. The Bertz CT molecular complexity index is 438. The van der Waals surface area contributed by atoms with Crippen LogP contribution in [0.2, 0.25) is 0 Å². The maximum Gasteiger partial charge on any atom is 0.255 e. The quantitative estimate of drug-likeness (QED) is 0.554. The highest BCUT2D eigenvalue weighted by Crippen LogP contribution is 2.22. The number of carbonyl (C=O) groups excluding carboxylic acids is 1. The summed E-state index contributed by atoms with van der Waals surface area (Å²) >= 11 is 3.31. The molecular formula is C13H21BrN4O. The summed E-state index contributed by atoms with van der Waals surface area (Å²) < 4.78 is 0.742. The Morgan fingerprint density at radius 3 is 2.42 bits per heavy atom. The van der Waals surface area contributed by atoms with Crippen molar-refractivity contribution in [2.45, 2.75) is 45.6 Å². The lowest BCUT2D eigenvalue weighted by Gasteiger charge is -2.32. The largest absolute Gasteiger partial charge is 0.347 e. The number of nitrogens with zero attached hydrogens (tertiary/aromatic N) is 1. The van der Waals surface area contributed by atoms with Crippen molar-refractivity contribution in [3.8, 4) is 0 Å². The first-order valence-corrected chi connectivity index (χ1v) is 7.25. The fourth-order valence-corrected chi connectivity index (χ4v) is 2.38. The Kier molecular flexibility index (Phi) is 5.75. The number of anilines is 1. The van der Waals surface area contributed by atoms with E-state index >= 15 is 0 Å². The molecule has 1 rings (SSSR count). The predicted octanol–water partition coefficient (Wildman–Crippen LogP) is 2.83. The van der Waals surface area contributed by atoms with Crippen molar-refractivity contribution in [2.24, 2.45) is 5.84 Å². The van der Waals surface area contributed by atoms with Gasteiger partial charge in [0.2, 0.25) is 0 Å². The van der Waals surface area contributed by atoms with Gasteiger partial charge >= 0.3 is 0 Å². The average molecular weight is 329 g/mol. The summed E-state index contributed by atoms with van der Waals surface area (Å²) in [5.74, 6) is 5.61. The molecular weight excluding hydrogens is 308 g/mol. The number of pyridine rings is 1. The fourth-order valence-electron chi connectivity index (χ4n) is 2.05. The SMILES string of the molecule is CCC(CC)(CC)NC(=O)c1cc(Br)cnc1NN. The van der Waals surface area contributed by atoms with Gasteiger partial charge in [0.25, 0.3) is 5.91 Å². The first-order valence-electron chi connectivity index (χ1n) is 6.46. The molecule has 0 aliphatic carbocycles. The number of nitrogen functional groups attached to an aromatic ring is 1. The van der Waals surface area contributed by atoms with E-state index in [2.05, 4.69) is 52.4 Å². The molecule has 0 atom stereocenters. The van der Waals surface area contributed by atoms with Crippen LogP contribution >= 0.6 is 15.9 Å². The molecule has 0 aliphatic rings. The Labute approximate surface area is 122 Å². The molecule has 1 aromatic heterocycles. The van der Waals surface area contributed by atoms with Gasteiger partial charge in [0.05, 0.1) is 5.56 Å². The second-order valence-corrected chi connectivity index (χ2v) is 5.40. The third-order valence-electron chi connectivity index (χ3n) is 3.64. The highest BCUT2D eigenvalue weighted by Gasteiger charge is 2.27. The summed E-state index contributed by atoms with van der Waals surface area (Å²) in [7, 11) is 0. The molecule has 5 nitrogen and oxygen atoms in total. The molecule has 0 radical (unpaired) electrons. The van der Waals surface area contributed by atoms with Gasteiger partial charge in [-0.05, 0) is 41.3 Å². The summed E-state index contributed by atoms with van der Waals surface area (Å²) in [6.07, 6.45) is 4.26. The van der Waals surface area contributed by atoms with Crippen LogP contribution in [0.3, 0.4) is 0 Å². The van der Waals surface area contributed by atoms with Crippen LogP contribution in [-0.2, 0) is 0 Å². The van der Waals surface area contributed by atoms with Gasteiger partial charge in [0.15, 0.2) is 5.82 Å². The minimum absolute atomic E-state index is 0.160. The normalized spacial score (nSPS) is 11.2. The van der Waals surface area contributed by atoms with Crippen LogP contribution in [0.25, 0.3) is 0 Å². The van der Waals surface area contributed by atoms with E-state index in [9.17, 15) is 4.79 Å². The summed E-state index contributed by atoms with van der Waals surface area (Å²) in [4.78, 5) is 16.5. The van der Waals surface area contributed by atoms with Crippen LogP contribution in [0.1, 0.15) is 50.4 Å². The van der Waals surface area contributed by atoms with Crippen LogP contribution < -0.4 is 16.6 Å². The van der Waals surface area contributed by atoms with E-state index in [0.717, 1.165) is 23.7 Å². The third kappa shape index (κ3) is 3.67. The molecule has 0 aliphatic heterocycles. The first kappa shape index (κ1) is 15.9. The molecule has 0 saturated heterocycles. The van der Waals surface area contributed by atoms with Gasteiger partial charge in [-0.25, -0.2) is 10.8 Å². The molecule has 0 bridgehead atoms. The predicted molar refractivity (Wildman–Crippen MR) is 80.8 cm³/mol. The Balaban J connectivity index is 3.03. The molecule has 1 aromatic rings. The van der Waals surface area contributed by atoms with E-state index in [0.29, 0.717) is 11.4 Å². The van der Waals surface area contributed by atoms with Gasteiger partial charge in [-0.2, -0.15) is 0 Å². The Morgan fingerprint density at radius 2 is 1.95 bits per heavy atom. The highest BCUT2D eigenvalue weighted by molar-refractivity contribution is 9.10. The molecule has 1 amide bonds. The minimum Gasteiger partial charge on any atom is -0.347 e. The van der Waals surface area contributed by atoms with Crippen molar-refractivity contribution < 1.29 is 4.79 Å². The Hall–Kier alpha value is -1.14. The van der Waals surface area contributed by atoms with Crippen LogP contribution in [0.5, 0.6) is 0 Å². The second-order valence-electron chi connectivity index (χ2n) is 4.49. The maximum atomic E-state index is 12.4. The smallest absolute Gasteiger partial charge is 0.255 e. The lowest BCUT2D eigenvalue weighted by Crippen LogP contribution is -2.47. The second kappa shape index (κ2) is 6.86. The van der Waals surface area contributed by atoms with Crippen molar-refractivity contribution >= 4 is 27.7 Å². The monoisotopic (exact) mass is 328 g/mol. The number of hydrogen-bond acceptors (Lipinski definition) is 4. The summed E-state index contributed by atoms with van der Waals surface area (Å²) in [5, 5.41) is 3.10. The van der Waals surface area contributed by atoms with E-state index in [-0.39, 0.29) is 11.4 Å². The van der Waals surface area contributed by atoms with Crippen LogP contribution in [-0.4, -0.2) is 16.4 Å². The lowest BCUT2D eigenvalue weighted by atomic mass is 9.89. The molecule has 0 fully saturated rings. The van der Waals surface area contributed by atoms with E-state index in [1.54, 1.807) is 12.3 Å². The van der Waals surface area contributed by atoms with E-state index < -0.39 is 0 Å². The van der Waals surface area contributed by atoms with E-state index in [1.807, 2.05) is 0 Å². The molecule has 106 valence electrons. The number of amides is 1.